The smallest absolute Gasteiger partial charge is 0.263 e. The summed E-state index contributed by atoms with van der Waals surface area (Å²) in [5, 5.41) is 5.36. The number of rotatable bonds is 6. The van der Waals surface area contributed by atoms with Gasteiger partial charge in [0.1, 0.15) is 16.6 Å². The van der Waals surface area contributed by atoms with Gasteiger partial charge in [0.05, 0.1) is 18.3 Å². The summed E-state index contributed by atoms with van der Waals surface area (Å²) in [4.78, 5) is 31.4. The van der Waals surface area contributed by atoms with Crippen LogP contribution in [-0.2, 0) is 4.79 Å². The van der Waals surface area contributed by atoms with Gasteiger partial charge in [-0.2, -0.15) is 0 Å². The zero-order chi connectivity index (χ0) is 22.8. The van der Waals surface area contributed by atoms with Crippen LogP contribution in [0.1, 0.15) is 31.0 Å². The van der Waals surface area contributed by atoms with E-state index in [2.05, 4.69) is 36.3 Å². The number of ether oxygens (including phenoxy) is 1. The predicted octanol–water partition coefficient (Wildman–Crippen LogP) is 5.34. The molecular weight excluding hydrogens is 422 g/mol. The van der Waals surface area contributed by atoms with Crippen molar-refractivity contribution in [1.82, 2.24) is 9.55 Å². The number of nitrogens with zero attached hydrogens (tertiary/aromatic N) is 2. The third-order valence-electron chi connectivity index (χ3n) is 5.57. The van der Waals surface area contributed by atoms with Gasteiger partial charge in [-0.25, -0.2) is 4.98 Å². The van der Waals surface area contributed by atoms with Crippen LogP contribution in [0.3, 0.4) is 0 Å². The highest BCUT2D eigenvalue weighted by Gasteiger charge is 2.20. The minimum Gasteiger partial charge on any atom is -0.494 e. The molecule has 1 unspecified atom stereocenters. The third kappa shape index (κ3) is 4.16. The number of amides is 1. The molecule has 0 aliphatic rings. The van der Waals surface area contributed by atoms with E-state index in [4.69, 9.17) is 4.74 Å². The average Bonchev–Trinajstić information content (AvgIpc) is 3.22. The minimum absolute atomic E-state index is 0.223. The van der Waals surface area contributed by atoms with E-state index in [9.17, 15) is 9.59 Å². The molecule has 2 aromatic carbocycles. The second-order valence-corrected chi connectivity index (χ2v) is 8.57. The number of anilines is 1. The summed E-state index contributed by atoms with van der Waals surface area (Å²) in [5.41, 5.74) is 4.59. The first-order valence-corrected chi connectivity index (χ1v) is 11.4. The van der Waals surface area contributed by atoms with Gasteiger partial charge in [-0.3, -0.25) is 14.2 Å². The van der Waals surface area contributed by atoms with Crippen LogP contribution in [0.2, 0.25) is 0 Å². The molecule has 164 valence electrons. The van der Waals surface area contributed by atoms with Crippen molar-refractivity contribution in [3.05, 3.63) is 75.7 Å². The van der Waals surface area contributed by atoms with E-state index in [1.165, 1.54) is 27.8 Å². The summed E-state index contributed by atoms with van der Waals surface area (Å²) < 4.78 is 6.82. The number of benzene rings is 2. The first kappa shape index (κ1) is 21.8. The molecule has 0 bridgehead atoms. The predicted molar refractivity (Wildman–Crippen MR) is 130 cm³/mol. The highest BCUT2D eigenvalue weighted by Crippen LogP contribution is 2.32. The molecule has 32 heavy (non-hydrogen) atoms. The zero-order valence-electron chi connectivity index (χ0n) is 18.5. The lowest BCUT2D eigenvalue weighted by Crippen LogP contribution is -2.31. The summed E-state index contributed by atoms with van der Waals surface area (Å²) in [5.74, 6) is 0.445. The molecule has 2 heterocycles. The second-order valence-electron chi connectivity index (χ2n) is 7.71. The van der Waals surface area contributed by atoms with Crippen molar-refractivity contribution in [2.24, 2.45) is 0 Å². The number of fused-ring (bicyclic) bond motifs is 1. The van der Waals surface area contributed by atoms with Gasteiger partial charge in [0.15, 0.2) is 0 Å². The average molecular weight is 448 g/mol. The van der Waals surface area contributed by atoms with Crippen LogP contribution >= 0.6 is 11.3 Å². The fraction of sp³-hybridized carbons (Fsp3) is 0.240. The first-order chi connectivity index (χ1) is 15.4. The molecule has 2 aromatic heterocycles. The van der Waals surface area contributed by atoms with Gasteiger partial charge in [-0.05, 0) is 68.7 Å². The molecule has 0 saturated carbocycles. The standard InChI is InChI=1S/C25H25N3O3S/c1-5-31-20-10-8-19(9-11-20)27-23(29)17(4)28-14-26-24-22(25(28)30)21(13-32-24)18-7-6-15(2)16(3)12-18/h6-14,17H,5H2,1-4H3,(H,27,29). The Morgan fingerprint density at radius 2 is 1.91 bits per heavy atom. The Labute approximate surface area is 190 Å². The molecule has 0 fully saturated rings. The summed E-state index contributed by atoms with van der Waals surface area (Å²) in [6, 6.07) is 12.6. The molecule has 0 saturated heterocycles. The van der Waals surface area contributed by atoms with Gasteiger partial charge in [0.2, 0.25) is 5.91 Å². The monoisotopic (exact) mass is 447 g/mol. The molecule has 7 heteroatoms. The number of nitrogens with one attached hydrogen (secondary N) is 1. The number of carbonyl (C=O) groups excluding carboxylic acids is 1. The number of carbonyl (C=O) groups is 1. The molecule has 1 N–H and O–H groups in total. The summed E-state index contributed by atoms with van der Waals surface area (Å²) in [6.07, 6.45) is 1.45. The molecule has 0 radical (unpaired) electrons. The first-order valence-electron chi connectivity index (χ1n) is 10.5. The van der Waals surface area contributed by atoms with Crippen molar-refractivity contribution in [3.63, 3.8) is 0 Å². The van der Waals surface area contributed by atoms with Crippen LogP contribution in [0.25, 0.3) is 21.3 Å². The molecule has 6 nitrogen and oxygen atoms in total. The van der Waals surface area contributed by atoms with Gasteiger partial charge in [0.25, 0.3) is 5.56 Å². The summed E-state index contributed by atoms with van der Waals surface area (Å²) in [7, 11) is 0. The van der Waals surface area contributed by atoms with Crippen LogP contribution in [0.15, 0.2) is 59.0 Å². The Balaban J connectivity index is 1.65. The lowest BCUT2D eigenvalue weighted by Gasteiger charge is -2.15. The van der Waals surface area contributed by atoms with Gasteiger partial charge < -0.3 is 10.1 Å². The fourth-order valence-corrected chi connectivity index (χ4v) is 4.42. The molecule has 4 rings (SSSR count). The maximum Gasteiger partial charge on any atom is 0.263 e. The quantitative estimate of drug-likeness (QED) is 0.433. The molecule has 0 aliphatic heterocycles. The van der Waals surface area contributed by atoms with Crippen LogP contribution < -0.4 is 15.6 Å². The SMILES string of the molecule is CCOc1ccc(NC(=O)C(C)n2cnc3scc(-c4ccc(C)c(C)c4)c3c2=O)cc1. The Kier molecular flexibility index (Phi) is 6.10. The number of aromatic nitrogens is 2. The van der Waals surface area contributed by atoms with Crippen LogP contribution in [0.4, 0.5) is 5.69 Å². The Morgan fingerprint density at radius 1 is 1.16 bits per heavy atom. The Hall–Kier alpha value is -3.45. The normalized spacial score (nSPS) is 12.0. The maximum atomic E-state index is 13.4. The van der Waals surface area contributed by atoms with Crippen molar-refractivity contribution in [2.75, 3.05) is 11.9 Å². The van der Waals surface area contributed by atoms with Crippen molar-refractivity contribution in [3.8, 4) is 16.9 Å². The van der Waals surface area contributed by atoms with E-state index in [1.54, 1.807) is 31.2 Å². The molecule has 1 amide bonds. The lowest BCUT2D eigenvalue weighted by molar-refractivity contribution is -0.118. The van der Waals surface area contributed by atoms with Gasteiger partial charge in [0, 0.05) is 16.6 Å². The molecule has 4 aromatic rings. The molecule has 0 spiro atoms. The number of thiophene rings is 1. The second kappa shape index (κ2) is 8.96. The Bertz CT molecular complexity index is 1340. The molecule has 1 atom stereocenters. The topological polar surface area (TPSA) is 73.2 Å². The Morgan fingerprint density at radius 3 is 2.59 bits per heavy atom. The fourth-order valence-electron chi connectivity index (χ4n) is 3.52. The van der Waals surface area contributed by atoms with E-state index < -0.39 is 6.04 Å². The zero-order valence-corrected chi connectivity index (χ0v) is 19.3. The molecule has 0 aliphatic carbocycles. The summed E-state index contributed by atoms with van der Waals surface area (Å²) >= 11 is 1.43. The van der Waals surface area contributed by atoms with Crippen molar-refractivity contribution in [1.29, 1.82) is 0 Å². The molecular formula is C25H25N3O3S. The van der Waals surface area contributed by atoms with Crippen molar-refractivity contribution in [2.45, 2.75) is 33.7 Å². The number of aryl methyl sites for hydroxylation is 2. The van der Waals surface area contributed by atoms with E-state index in [-0.39, 0.29) is 11.5 Å². The van der Waals surface area contributed by atoms with Gasteiger partial charge >= 0.3 is 0 Å². The van der Waals surface area contributed by atoms with E-state index in [0.29, 0.717) is 22.5 Å². The van der Waals surface area contributed by atoms with Crippen LogP contribution in [0.5, 0.6) is 5.75 Å². The number of hydrogen-bond acceptors (Lipinski definition) is 5. The van der Waals surface area contributed by atoms with E-state index >= 15 is 0 Å². The summed E-state index contributed by atoms with van der Waals surface area (Å²) in [6.45, 7) is 8.30. The maximum absolute atomic E-state index is 13.4. The highest BCUT2D eigenvalue weighted by molar-refractivity contribution is 7.17. The van der Waals surface area contributed by atoms with Crippen molar-refractivity contribution < 1.29 is 9.53 Å². The van der Waals surface area contributed by atoms with Crippen LogP contribution in [-0.4, -0.2) is 22.1 Å². The number of hydrogen-bond donors (Lipinski definition) is 1. The highest BCUT2D eigenvalue weighted by atomic mass is 32.1. The van der Waals surface area contributed by atoms with Crippen molar-refractivity contribution >= 4 is 33.1 Å². The van der Waals surface area contributed by atoms with Gasteiger partial charge in [-0.1, -0.05) is 18.2 Å². The van der Waals surface area contributed by atoms with Crippen LogP contribution in [0, 0.1) is 13.8 Å². The van der Waals surface area contributed by atoms with E-state index in [1.807, 2.05) is 18.4 Å². The lowest BCUT2D eigenvalue weighted by atomic mass is 10.0. The largest absolute Gasteiger partial charge is 0.494 e. The van der Waals surface area contributed by atoms with E-state index in [0.717, 1.165) is 22.4 Å². The van der Waals surface area contributed by atoms with Gasteiger partial charge in [-0.15, -0.1) is 11.3 Å². The third-order valence-corrected chi connectivity index (χ3v) is 6.45. The minimum atomic E-state index is -0.724.